The maximum atomic E-state index is 12.6. The molecule has 0 rings (SSSR count). The third-order valence-corrected chi connectivity index (χ3v) is 87.5. The monoisotopic (exact) mass is 604 g/mol. The van der Waals surface area contributed by atoms with E-state index < -0.39 is 96.3 Å². The molecule has 0 saturated heterocycles. The third kappa shape index (κ3) is 9.65. The predicted molar refractivity (Wildman–Crippen MR) is 129 cm³/mol. The molecule has 0 aliphatic heterocycles. The molecule has 0 aliphatic rings. The second-order valence-corrected chi connectivity index (χ2v) is 70.1. The molecule has 162 valence electrons. The Balaban J connectivity index is 5.14. The van der Waals surface area contributed by atoms with Gasteiger partial charge in [-0.15, -0.1) is 0 Å². The van der Waals surface area contributed by atoms with Gasteiger partial charge in [-0.3, -0.25) is 0 Å². The number of hydrogen-bond donors (Lipinski definition) is 0. The van der Waals surface area contributed by atoms with Gasteiger partial charge in [0.25, 0.3) is 0 Å². The molecule has 0 aliphatic carbocycles. The van der Waals surface area contributed by atoms with Crippen molar-refractivity contribution in [2.24, 2.45) is 0 Å². The van der Waals surface area contributed by atoms with Crippen molar-refractivity contribution in [3.63, 3.8) is 0 Å². The molecule has 0 radical (unpaired) electrons. The molecule has 0 heterocycles. The minimum Gasteiger partial charge on any atom is -0.462 e. The van der Waals surface area contributed by atoms with E-state index in [0.717, 1.165) is 0 Å². The largest absolute Gasteiger partial charge is 0.462 e. The Bertz CT molecular complexity index is 755. The Morgan fingerprint density at radius 3 is 1.52 bits per heavy atom. The molecule has 21 heteroatoms. The lowest BCUT2D eigenvalue weighted by Crippen LogP contribution is -2.57. The van der Waals surface area contributed by atoms with Crippen LogP contribution in [0.25, 0.3) is 0 Å². The van der Waals surface area contributed by atoms with Crippen LogP contribution in [0.2, 0.25) is 52.4 Å². The normalized spacial score (nSPS) is 13.4. The molecule has 1 unspecified atom stereocenters. The predicted octanol–water partition coefficient (Wildman–Crippen LogP) is -1.94. The maximum Gasteiger partial charge on any atom is 0.381 e. The van der Waals surface area contributed by atoms with Crippen LogP contribution in [-0.4, -0.2) is 96.3 Å². The van der Waals surface area contributed by atoms with Crippen LogP contribution in [0.15, 0.2) is 0 Å². The van der Waals surface area contributed by atoms with Gasteiger partial charge >= 0.3 is 54.0 Å². The molecule has 9 nitrogen and oxygen atoms in total. The van der Waals surface area contributed by atoms with Crippen molar-refractivity contribution in [3.8, 4) is 0 Å². The molecule has 0 N–H and O–H groups in total. The van der Waals surface area contributed by atoms with Gasteiger partial charge in [0.05, 0.1) is 7.59 Å². The molecular formula is C8H28O9Si12. The summed E-state index contributed by atoms with van der Waals surface area (Å²) in [6, 6.07) is 0. The molecule has 1 atom stereocenters. The summed E-state index contributed by atoms with van der Waals surface area (Å²) in [6.07, 6.45) is 0. The Kier molecular flexibility index (Phi) is 12.9. The summed E-state index contributed by atoms with van der Waals surface area (Å²) in [5.74, 6) is 0. The zero-order valence-corrected chi connectivity index (χ0v) is 30.8. The van der Waals surface area contributed by atoms with Crippen LogP contribution in [0.4, 0.5) is 0 Å². The highest BCUT2D eigenvalue weighted by molar-refractivity contribution is 7.75. The van der Waals surface area contributed by atoms with Crippen LogP contribution in [0.1, 0.15) is 0 Å². The first kappa shape index (κ1) is 30.1. The summed E-state index contributed by atoms with van der Waals surface area (Å²) in [6.45, 7) is 15.4. The first-order chi connectivity index (χ1) is 12.9. The van der Waals surface area contributed by atoms with E-state index in [0.29, 0.717) is 0 Å². The lowest BCUT2D eigenvalue weighted by Gasteiger charge is -2.23. The van der Waals surface area contributed by atoms with Crippen LogP contribution >= 0.6 is 0 Å². The van der Waals surface area contributed by atoms with Crippen molar-refractivity contribution in [1.82, 2.24) is 0 Å². The van der Waals surface area contributed by atoms with Gasteiger partial charge in [0.15, 0.2) is 9.04 Å². The first-order valence-corrected chi connectivity index (χ1v) is 41.4. The lowest BCUT2D eigenvalue weighted by molar-refractivity contribution is 0.534. The van der Waals surface area contributed by atoms with Crippen LogP contribution < -0.4 is 0 Å². The van der Waals surface area contributed by atoms with E-state index in [4.69, 9.17) is 8.23 Å². The molecule has 0 bridgehead atoms. The molecule has 0 aromatic carbocycles. The van der Waals surface area contributed by atoms with E-state index in [1.807, 2.05) is 19.6 Å². The fourth-order valence-corrected chi connectivity index (χ4v) is 112. The van der Waals surface area contributed by atoms with Gasteiger partial charge in [-0.1, -0.05) is 26.2 Å². The van der Waals surface area contributed by atoms with Crippen LogP contribution in [-0.2, 0) is 39.5 Å². The highest BCUT2D eigenvalue weighted by atomic mass is 30.0. The smallest absolute Gasteiger partial charge is 0.381 e. The van der Waals surface area contributed by atoms with E-state index in [2.05, 4.69) is 19.6 Å². The standard InChI is InChI=1S/C8H28O9Si12/c1-19(2)17-29(7,8)27(15)26(14)25(13)24(12)23(11)22(10)21(9)18-16-20(3)28(4,5)6/h19-20H,18H2,1-8H3. The number of hydrogen-bond acceptors (Lipinski definition) is 9. The summed E-state index contributed by atoms with van der Waals surface area (Å²) in [4.78, 5) is 0. The molecule has 29 heavy (non-hydrogen) atoms. The van der Waals surface area contributed by atoms with Crippen LogP contribution in [0.5, 0.6) is 0 Å². The van der Waals surface area contributed by atoms with E-state index >= 15 is 0 Å². The van der Waals surface area contributed by atoms with Gasteiger partial charge < -0.3 is 39.5 Å². The first-order valence-electron chi connectivity index (χ1n) is 9.02. The molecule has 0 aromatic rings. The van der Waals surface area contributed by atoms with Crippen molar-refractivity contribution in [2.75, 3.05) is 0 Å². The average Bonchev–Trinajstić information content (AvgIpc) is 2.59. The molecule has 0 saturated carbocycles. The van der Waals surface area contributed by atoms with E-state index in [-0.39, 0.29) is 0 Å². The number of rotatable bonds is 13. The second kappa shape index (κ2) is 12.4. The van der Waals surface area contributed by atoms with Gasteiger partial charge in [-0.05, 0) is 26.2 Å². The van der Waals surface area contributed by atoms with Crippen molar-refractivity contribution >= 4 is 96.3 Å². The van der Waals surface area contributed by atoms with Crippen molar-refractivity contribution in [2.45, 2.75) is 52.4 Å². The summed E-state index contributed by atoms with van der Waals surface area (Å²) in [5.41, 5.74) is 0. The fourth-order valence-electron chi connectivity index (χ4n) is 1.97. The topological polar surface area (TPSA) is 138 Å². The highest BCUT2D eigenvalue weighted by Crippen LogP contribution is 2.08. The van der Waals surface area contributed by atoms with Gasteiger partial charge in [0.1, 0.15) is 8.56 Å². The Morgan fingerprint density at radius 1 is 0.690 bits per heavy atom. The van der Waals surface area contributed by atoms with E-state index in [1.54, 1.807) is 13.1 Å². The van der Waals surface area contributed by atoms with Gasteiger partial charge in [0.2, 0.25) is 17.1 Å². The van der Waals surface area contributed by atoms with Gasteiger partial charge in [0, 0.05) is 0 Å². The third-order valence-electron chi connectivity index (χ3n) is 4.05. The quantitative estimate of drug-likeness (QED) is 0.220. The minimum atomic E-state index is -3.46. The van der Waals surface area contributed by atoms with E-state index in [9.17, 15) is 31.2 Å². The van der Waals surface area contributed by atoms with Crippen molar-refractivity contribution < 1.29 is 39.5 Å². The SMILES string of the molecule is C[SiH](C)O[Si](C)(C)[Si](=O)[Si](=O)[Si](=O)[Si](=O)[Si](=O)[Si](=O)[Si](=O)[SiH2]O[SiH](C)[Si](C)(C)C. The maximum absolute atomic E-state index is 12.6. The fraction of sp³-hybridized carbons (Fsp3) is 1.00. The average molecular weight is 605 g/mol. The Morgan fingerprint density at radius 2 is 1.10 bits per heavy atom. The molecule has 0 amide bonds. The van der Waals surface area contributed by atoms with Crippen molar-refractivity contribution in [3.05, 3.63) is 0 Å². The van der Waals surface area contributed by atoms with Crippen LogP contribution in [0, 0.1) is 0 Å². The second-order valence-electron chi connectivity index (χ2n) is 8.39. The molecular weight excluding hydrogens is 577 g/mol. The molecule has 0 aromatic heterocycles. The summed E-state index contributed by atoms with van der Waals surface area (Å²) >= 11 is 0. The minimum absolute atomic E-state index is 1.49. The van der Waals surface area contributed by atoms with Crippen molar-refractivity contribution in [1.29, 1.82) is 0 Å². The molecule has 0 spiro atoms. The Labute approximate surface area is 187 Å². The van der Waals surface area contributed by atoms with E-state index in [1.165, 1.54) is 0 Å². The lowest BCUT2D eigenvalue weighted by atomic mass is 11.8. The van der Waals surface area contributed by atoms with Gasteiger partial charge in [-0.25, -0.2) is 0 Å². The molecule has 0 fully saturated rings. The summed E-state index contributed by atoms with van der Waals surface area (Å²) in [5, 5.41) is 0. The van der Waals surface area contributed by atoms with Gasteiger partial charge in [-0.2, -0.15) is 0 Å². The zero-order chi connectivity index (χ0) is 23.3. The highest BCUT2D eigenvalue weighted by Gasteiger charge is 2.51. The Hall–Kier alpha value is 1.12. The van der Waals surface area contributed by atoms with Crippen LogP contribution in [0.3, 0.4) is 0 Å². The summed E-state index contributed by atoms with van der Waals surface area (Å²) in [7, 11) is -31.4. The summed E-state index contributed by atoms with van der Waals surface area (Å²) < 4.78 is 98.5. The zero-order valence-electron chi connectivity index (χ0n) is 18.0.